The number of fused-ring (bicyclic) bond motifs is 1. The largest absolute Gasteiger partial charge is 0.481 e. The summed E-state index contributed by atoms with van der Waals surface area (Å²) in [6.07, 6.45) is 4.92. The molecule has 0 spiro atoms. The normalized spacial score (nSPS) is 14.4. The number of benzene rings is 2. The lowest BCUT2D eigenvalue weighted by atomic mass is 9.92. The topological polar surface area (TPSA) is 29.5 Å². The fourth-order valence-corrected chi connectivity index (χ4v) is 3.57. The Labute approximate surface area is 160 Å². The van der Waals surface area contributed by atoms with Crippen LogP contribution in [0.2, 0.25) is 5.02 Å². The van der Waals surface area contributed by atoms with Gasteiger partial charge in [0.1, 0.15) is 5.75 Å². The van der Waals surface area contributed by atoms with Crippen LogP contribution in [-0.2, 0) is 24.2 Å². The van der Waals surface area contributed by atoms with Crippen LogP contribution in [0.5, 0.6) is 5.75 Å². The maximum atomic E-state index is 12.8. The Morgan fingerprint density at radius 3 is 2.50 bits per heavy atom. The Kier molecular flexibility index (Phi) is 6.20. The lowest BCUT2D eigenvalue weighted by Gasteiger charge is -2.25. The summed E-state index contributed by atoms with van der Waals surface area (Å²) in [4.78, 5) is 14.5. The molecular formula is C22H26ClNO2. The van der Waals surface area contributed by atoms with Crippen molar-refractivity contribution in [3.05, 3.63) is 64.2 Å². The van der Waals surface area contributed by atoms with Gasteiger partial charge in [0.05, 0.1) is 0 Å². The first-order valence-corrected chi connectivity index (χ1v) is 9.72. The van der Waals surface area contributed by atoms with Crippen LogP contribution in [0.1, 0.15) is 42.9 Å². The van der Waals surface area contributed by atoms with E-state index in [0.717, 1.165) is 24.2 Å². The van der Waals surface area contributed by atoms with E-state index in [9.17, 15) is 4.79 Å². The van der Waals surface area contributed by atoms with E-state index in [1.165, 1.54) is 24.0 Å². The Morgan fingerprint density at radius 1 is 1.12 bits per heavy atom. The van der Waals surface area contributed by atoms with Gasteiger partial charge in [0.15, 0.2) is 6.10 Å². The van der Waals surface area contributed by atoms with Crippen molar-refractivity contribution in [3.63, 3.8) is 0 Å². The first-order valence-electron chi connectivity index (χ1n) is 9.34. The van der Waals surface area contributed by atoms with Crippen LogP contribution in [0, 0.1) is 0 Å². The minimum atomic E-state index is -0.464. The fraction of sp³-hybridized carbons (Fsp3) is 0.409. The minimum absolute atomic E-state index is 0.000158. The highest BCUT2D eigenvalue weighted by Gasteiger charge is 2.23. The average molecular weight is 372 g/mol. The number of nitrogens with zero attached hydrogens (tertiary/aromatic N) is 1. The molecule has 0 bridgehead atoms. The molecule has 138 valence electrons. The molecule has 0 saturated heterocycles. The molecule has 2 aromatic carbocycles. The molecule has 1 aliphatic carbocycles. The van der Waals surface area contributed by atoms with Crippen LogP contribution in [-0.4, -0.2) is 24.0 Å². The molecule has 1 atom stereocenters. The van der Waals surface area contributed by atoms with Crippen LogP contribution >= 0.6 is 11.6 Å². The maximum Gasteiger partial charge on any atom is 0.263 e. The second-order valence-electron chi connectivity index (χ2n) is 6.97. The second-order valence-corrected chi connectivity index (χ2v) is 7.41. The molecule has 0 radical (unpaired) electrons. The maximum absolute atomic E-state index is 12.8. The number of rotatable bonds is 6. The second kappa shape index (κ2) is 8.59. The Morgan fingerprint density at radius 2 is 1.81 bits per heavy atom. The zero-order chi connectivity index (χ0) is 18.5. The van der Waals surface area contributed by atoms with E-state index < -0.39 is 6.10 Å². The van der Waals surface area contributed by atoms with Crippen molar-refractivity contribution in [1.29, 1.82) is 0 Å². The lowest BCUT2D eigenvalue weighted by Crippen LogP contribution is -2.39. The number of hydrogen-bond acceptors (Lipinski definition) is 2. The standard InChI is InChI=1S/C22H26ClNO2/c1-3-21(22(25)24(2)15-16-8-11-19(23)12-9-16)26-20-13-10-17-6-4-5-7-18(17)14-20/h8-14,21H,3-7,15H2,1-2H3/t21-/m0/s1. The van der Waals surface area contributed by atoms with Crippen molar-refractivity contribution in [3.8, 4) is 5.75 Å². The van der Waals surface area contributed by atoms with E-state index in [0.29, 0.717) is 18.0 Å². The fourth-order valence-electron chi connectivity index (χ4n) is 3.44. The molecule has 3 rings (SSSR count). The number of carbonyl (C=O) groups is 1. The predicted molar refractivity (Wildman–Crippen MR) is 106 cm³/mol. The molecule has 0 unspecified atom stereocenters. The highest BCUT2D eigenvalue weighted by Crippen LogP contribution is 2.26. The molecule has 0 aromatic heterocycles. The van der Waals surface area contributed by atoms with Crippen LogP contribution in [0.3, 0.4) is 0 Å². The van der Waals surface area contributed by atoms with Gasteiger partial charge in [-0.1, -0.05) is 36.7 Å². The molecular weight excluding hydrogens is 346 g/mol. The Bertz CT molecular complexity index is 757. The van der Waals surface area contributed by atoms with E-state index in [1.807, 2.05) is 44.3 Å². The van der Waals surface area contributed by atoms with E-state index in [1.54, 1.807) is 4.90 Å². The highest BCUT2D eigenvalue weighted by atomic mass is 35.5. The third-order valence-corrected chi connectivity index (χ3v) is 5.21. The van der Waals surface area contributed by atoms with Crippen molar-refractivity contribution in [2.24, 2.45) is 0 Å². The molecule has 4 heteroatoms. The van der Waals surface area contributed by atoms with Gasteiger partial charge in [0, 0.05) is 18.6 Å². The molecule has 1 amide bonds. The smallest absolute Gasteiger partial charge is 0.263 e. The number of halogens is 1. The third kappa shape index (κ3) is 4.59. The summed E-state index contributed by atoms with van der Waals surface area (Å²) in [5, 5.41) is 0.699. The van der Waals surface area contributed by atoms with Crippen LogP contribution in [0.15, 0.2) is 42.5 Å². The first kappa shape index (κ1) is 18.8. The summed E-state index contributed by atoms with van der Waals surface area (Å²) in [7, 11) is 1.82. The molecule has 0 aliphatic heterocycles. The Hall–Kier alpha value is -2.00. The summed E-state index contributed by atoms with van der Waals surface area (Å²) in [5.74, 6) is 0.797. The average Bonchev–Trinajstić information content (AvgIpc) is 2.67. The van der Waals surface area contributed by atoms with Gasteiger partial charge in [-0.15, -0.1) is 0 Å². The Balaban J connectivity index is 1.65. The van der Waals surface area contributed by atoms with Gasteiger partial charge in [-0.2, -0.15) is 0 Å². The van der Waals surface area contributed by atoms with Gasteiger partial charge in [0.2, 0.25) is 0 Å². The van der Waals surface area contributed by atoms with Crippen LogP contribution < -0.4 is 4.74 Å². The van der Waals surface area contributed by atoms with Crippen molar-refractivity contribution in [2.75, 3.05) is 7.05 Å². The third-order valence-electron chi connectivity index (χ3n) is 4.95. The van der Waals surface area contributed by atoms with Crippen molar-refractivity contribution >= 4 is 17.5 Å². The molecule has 2 aromatic rings. The van der Waals surface area contributed by atoms with Gasteiger partial charge in [0.25, 0.3) is 5.91 Å². The number of likely N-dealkylation sites (N-methyl/N-ethyl adjacent to an activating group) is 1. The van der Waals surface area contributed by atoms with E-state index >= 15 is 0 Å². The quantitative estimate of drug-likeness (QED) is 0.712. The summed E-state index contributed by atoms with van der Waals surface area (Å²) in [5.41, 5.74) is 3.84. The number of carbonyl (C=O) groups excluding carboxylic acids is 1. The number of amides is 1. The van der Waals surface area contributed by atoms with Gasteiger partial charge in [-0.05, 0) is 73.1 Å². The van der Waals surface area contributed by atoms with Gasteiger partial charge < -0.3 is 9.64 Å². The monoisotopic (exact) mass is 371 g/mol. The summed E-state index contributed by atoms with van der Waals surface area (Å²) < 4.78 is 6.06. The molecule has 3 nitrogen and oxygen atoms in total. The zero-order valence-corrected chi connectivity index (χ0v) is 16.3. The summed E-state index contributed by atoms with van der Waals surface area (Å²) >= 11 is 5.92. The molecule has 0 saturated carbocycles. The first-order chi connectivity index (χ1) is 12.6. The molecule has 0 heterocycles. The van der Waals surface area contributed by atoms with E-state index in [4.69, 9.17) is 16.3 Å². The van der Waals surface area contributed by atoms with E-state index in [-0.39, 0.29) is 5.91 Å². The van der Waals surface area contributed by atoms with Crippen LogP contribution in [0.25, 0.3) is 0 Å². The van der Waals surface area contributed by atoms with Crippen LogP contribution in [0.4, 0.5) is 0 Å². The number of aryl methyl sites for hydroxylation is 2. The van der Waals surface area contributed by atoms with Crippen molar-refractivity contribution < 1.29 is 9.53 Å². The van der Waals surface area contributed by atoms with Crippen molar-refractivity contribution in [1.82, 2.24) is 4.90 Å². The van der Waals surface area contributed by atoms with Gasteiger partial charge >= 0.3 is 0 Å². The number of ether oxygens (including phenoxy) is 1. The van der Waals surface area contributed by atoms with Gasteiger partial charge in [-0.3, -0.25) is 4.79 Å². The molecule has 0 fully saturated rings. The lowest BCUT2D eigenvalue weighted by molar-refractivity contribution is -0.138. The molecule has 1 aliphatic rings. The van der Waals surface area contributed by atoms with Crippen molar-refractivity contribution in [2.45, 2.75) is 51.7 Å². The SMILES string of the molecule is CC[C@H](Oc1ccc2c(c1)CCCC2)C(=O)N(C)Cc1ccc(Cl)cc1. The van der Waals surface area contributed by atoms with Gasteiger partial charge in [-0.25, -0.2) is 0 Å². The highest BCUT2D eigenvalue weighted by molar-refractivity contribution is 6.30. The molecule has 0 N–H and O–H groups in total. The predicted octanol–water partition coefficient (Wildman–Crippen LogP) is 5.03. The minimum Gasteiger partial charge on any atom is -0.481 e. The number of hydrogen-bond donors (Lipinski definition) is 0. The zero-order valence-electron chi connectivity index (χ0n) is 15.5. The van der Waals surface area contributed by atoms with E-state index in [2.05, 4.69) is 12.1 Å². The summed E-state index contributed by atoms with van der Waals surface area (Å²) in [6.45, 7) is 2.52. The molecule has 26 heavy (non-hydrogen) atoms. The summed E-state index contributed by atoms with van der Waals surface area (Å²) in [6, 6.07) is 13.8.